The summed E-state index contributed by atoms with van der Waals surface area (Å²) in [6.07, 6.45) is 7.14. The minimum atomic E-state index is -0.101. The van der Waals surface area contributed by atoms with Crippen LogP contribution >= 0.6 is 0 Å². The van der Waals surface area contributed by atoms with Gasteiger partial charge < -0.3 is 10.3 Å². The summed E-state index contributed by atoms with van der Waals surface area (Å²) in [6, 6.07) is 8.25. The number of benzene rings is 1. The van der Waals surface area contributed by atoms with Crippen LogP contribution in [0.3, 0.4) is 0 Å². The average molecular weight is 335 g/mol. The van der Waals surface area contributed by atoms with E-state index in [1.807, 2.05) is 4.68 Å². The Morgan fingerprint density at radius 3 is 2.88 bits per heavy atom. The Labute approximate surface area is 146 Å². The van der Waals surface area contributed by atoms with Gasteiger partial charge in [0.05, 0.1) is 5.69 Å². The number of aryl methyl sites for hydroxylation is 1. The molecule has 128 valence electrons. The largest absolute Gasteiger partial charge is 0.350 e. The molecule has 0 bridgehead atoms. The number of aromatic amines is 1. The third-order valence-corrected chi connectivity index (χ3v) is 4.63. The van der Waals surface area contributed by atoms with E-state index in [2.05, 4.69) is 51.6 Å². The van der Waals surface area contributed by atoms with Gasteiger partial charge in [-0.15, -0.1) is 0 Å². The van der Waals surface area contributed by atoms with Crippen LogP contribution in [0.25, 0.3) is 5.69 Å². The summed E-state index contributed by atoms with van der Waals surface area (Å²) in [6.45, 7) is 2.60. The zero-order valence-electron chi connectivity index (χ0n) is 14.2. The van der Waals surface area contributed by atoms with Crippen LogP contribution in [0.4, 0.5) is 0 Å². The summed E-state index contributed by atoms with van der Waals surface area (Å²) in [5, 5.41) is 7.59. The molecule has 0 aliphatic heterocycles. The molecule has 0 saturated heterocycles. The van der Waals surface area contributed by atoms with Crippen molar-refractivity contribution in [2.75, 3.05) is 6.54 Å². The molecule has 0 radical (unpaired) electrons. The molecule has 3 aromatic rings. The predicted molar refractivity (Wildman–Crippen MR) is 95.0 cm³/mol. The molecule has 1 aliphatic rings. The zero-order chi connectivity index (χ0) is 17.2. The third kappa shape index (κ3) is 3.07. The van der Waals surface area contributed by atoms with Crippen molar-refractivity contribution in [1.29, 1.82) is 0 Å². The van der Waals surface area contributed by atoms with Gasteiger partial charge in [0.25, 0.3) is 5.91 Å². The van der Waals surface area contributed by atoms with Crippen LogP contribution in [0.2, 0.25) is 0 Å². The SMILES string of the molecule is Cc1ccc(-n2nc(C(=O)NCCc3ncc[nH]3)c3c2CCC3)cc1. The standard InChI is InChI=1S/C19H21N5O/c1-13-5-7-14(8-6-13)24-16-4-2-3-15(16)18(23-24)19(25)22-10-9-17-20-11-12-21-17/h5-8,11-12H,2-4,9-10H2,1H3,(H,20,21)(H,22,25). The maximum Gasteiger partial charge on any atom is 0.272 e. The van der Waals surface area contributed by atoms with Crippen molar-refractivity contribution in [2.24, 2.45) is 0 Å². The fourth-order valence-corrected chi connectivity index (χ4v) is 3.33. The third-order valence-electron chi connectivity index (χ3n) is 4.63. The number of hydrogen-bond acceptors (Lipinski definition) is 3. The second-order valence-electron chi connectivity index (χ2n) is 6.42. The topological polar surface area (TPSA) is 75.6 Å². The van der Waals surface area contributed by atoms with Crippen LogP contribution in [0.15, 0.2) is 36.7 Å². The Bertz CT molecular complexity index is 877. The molecule has 0 saturated carbocycles. The highest BCUT2D eigenvalue weighted by Gasteiger charge is 2.26. The molecule has 6 nitrogen and oxygen atoms in total. The molecular formula is C19H21N5O. The number of amides is 1. The first-order valence-electron chi connectivity index (χ1n) is 8.66. The number of nitrogens with zero attached hydrogens (tertiary/aromatic N) is 3. The van der Waals surface area contributed by atoms with Crippen LogP contribution in [-0.2, 0) is 19.3 Å². The van der Waals surface area contributed by atoms with Gasteiger partial charge in [-0.25, -0.2) is 9.67 Å². The zero-order valence-corrected chi connectivity index (χ0v) is 14.2. The van der Waals surface area contributed by atoms with Crippen molar-refractivity contribution in [3.8, 4) is 5.69 Å². The summed E-state index contributed by atoms with van der Waals surface area (Å²) >= 11 is 0. The number of H-pyrrole nitrogens is 1. The summed E-state index contributed by atoms with van der Waals surface area (Å²) in [4.78, 5) is 19.8. The van der Waals surface area contributed by atoms with Gasteiger partial charge in [0.2, 0.25) is 0 Å². The Morgan fingerprint density at radius 2 is 2.12 bits per heavy atom. The monoisotopic (exact) mass is 335 g/mol. The van der Waals surface area contributed by atoms with Gasteiger partial charge in [-0.05, 0) is 38.3 Å². The second kappa shape index (κ2) is 6.55. The van der Waals surface area contributed by atoms with Gasteiger partial charge in [-0.3, -0.25) is 4.79 Å². The Hall–Kier alpha value is -2.89. The van der Waals surface area contributed by atoms with Crippen molar-refractivity contribution in [3.05, 3.63) is 65.0 Å². The van der Waals surface area contributed by atoms with Crippen LogP contribution in [0.5, 0.6) is 0 Å². The van der Waals surface area contributed by atoms with Gasteiger partial charge in [0.1, 0.15) is 5.82 Å². The van der Waals surface area contributed by atoms with Crippen molar-refractivity contribution in [3.63, 3.8) is 0 Å². The Balaban J connectivity index is 1.54. The van der Waals surface area contributed by atoms with E-state index in [0.29, 0.717) is 18.7 Å². The first-order chi connectivity index (χ1) is 12.2. The van der Waals surface area contributed by atoms with Crippen molar-refractivity contribution >= 4 is 5.91 Å². The molecule has 0 spiro atoms. The lowest BCUT2D eigenvalue weighted by Gasteiger charge is -2.06. The first kappa shape index (κ1) is 15.6. The molecule has 0 fully saturated rings. The summed E-state index contributed by atoms with van der Waals surface area (Å²) < 4.78 is 1.93. The number of carbonyl (C=O) groups is 1. The molecule has 2 heterocycles. The highest BCUT2D eigenvalue weighted by atomic mass is 16.1. The lowest BCUT2D eigenvalue weighted by molar-refractivity contribution is 0.0947. The van der Waals surface area contributed by atoms with Gasteiger partial charge in [0.15, 0.2) is 5.69 Å². The fraction of sp³-hybridized carbons (Fsp3) is 0.316. The van der Waals surface area contributed by atoms with E-state index < -0.39 is 0 Å². The van der Waals surface area contributed by atoms with Crippen LogP contribution < -0.4 is 5.32 Å². The number of carbonyl (C=O) groups excluding carboxylic acids is 1. The minimum Gasteiger partial charge on any atom is -0.350 e. The average Bonchev–Trinajstić information content (AvgIpc) is 3.33. The molecule has 1 amide bonds. The van der Waals surface area contributed by atoms with Crippen molar-refractivity contribution in [2.45, 2.75) is 32.6 Å². The smallest absolute Gasteiger partial charge is 0.272 e. The van der Waals surface area contributed by atoms with Crippen molar-refractivity contribution < 1.29 is 4.79 Å². The fourth-order valence-electron chi connectivity index (χ4n) is 3.33. The first-order valence-corrected chi connectivity index (χ1v) is 8.66. The number of aromatic nitrogens is 4. The normalized spacial score (nSPS) is 13.0. The molecule has 6 heteroatoms. The van der Waals surface area contributed by atoms with Crippen LogP contribution in [0, 0.1) is 6.92 Å². The molecule has 25 heavy (non-hydrogen) atoms. The highest BCUT2D eigenvalue weighted by molar-refractivity contribution is 5.94. The predicted octanol–water partition coefficient (Wildman–Crippen LogP) is 2.37. The summed E-state index contributed by atoms with van der Waals surface area (Å²) in [5.74, 6) is 0.770. The van der Waals surface area contributed by atoms with E-state index in [1.165, 1.54) is 11.3 Å². The lowest BCUT2D eigenvalue weighted by atomic mass is 10.2. The molecule has 4 rings (SSSR count). The van der Waals surface area contributed by atoms with Gasteiger partial charge in [-0.1, -0.05) is 17.7 Å². The van der Waals surface area contributed by atoms with E-state index in [0.717, 1.165) is 36.3 Å². The molecule has 0 unspecified atom stereocenters. The van der Waals surface area contributed by atoms with Gasteiger partial charge >= 0.3 is 0 Å². The Morgan fingerprint density at radius 1 is 1.28 bits per heavy atom. The van der Waals surface area contributed by atoms with Crippen LogP contribution in [-0.4, -0.2) is 32.2 Å². The van der Waals surface area contributed by atoms with E-state index in [9.17, 15) is 4.79 Å². The maximum absolute atomic E-state index is 12.6. The molecular weight excluding hydrogens is 314 g/mol. The van der Waals surface area contributed by atoms with E-state index >= 15 is 0 Å². The molecule has 2 N–H and O–H groups in total. The molecule has 1 aromatic carbocycles. The number of rotatable bonds is 5. The quantitative estimate of drug-likeness (QED) is 0.751. The number of hydrogen-bond donors (Lipinski definition) is 2. The van der Waals surface area contributed by atoms with E-state index in [-0.39, 0.29) is 5.91 Å². The van der Waals surface area contributed by atoms with Crippen LogP contribution in [0.1, 0.15) is 39.6 Å². The Kier molecular flexibility index (Phi) is 4.09. The molecule has 2 aromatic heterocycles. The second-order valence-corrected chi connectivity index (χ2v) is 6.42. The number of fused-ring (bicyclic) bond motifs is 1. The summed E-state index contributed by atoms with van der Waals surface area (Å²) in [5.41, 5.74) is 5.05. The van der Waals surface area contributed by atoms with E-state index in [1.54, 1.807) is 12.4 Å². The minimum absolute atomic E-state index is 0.101. The van der Waals surface area contributed by atoms with E-state index in [4.69, 9.17) is 0 Å². The number of imidazole rings is 1. The summed E-state index contributed by atoms with van der Waals surface area (Å²) in [7, 11) is 0. The number of nitrogens with one attached hydrogen (secondary N) is 2. The lowest BCUT2D eigenvalue weighted by Crippen LogP contribution is -2.27. The molecule has 1 aliphatic carbocycles. The van der Waals surface area contributed by atoms with Crippen molar-refractivity contribution in [1.82, 2.24) is 25.1 Å². The highest BCUT2D eigenvalue weighted by Crippen LogP contribution is 2.27. The van der Waals surface area contributed by atoms with Gasteiger partial charge in [0, 0.05) is 36.6 Å². The van der Waals surface area contributed by atoms with Gasteiger partial charge in [-0.2, -0.15) is 5.10 Å². The maximum atomic E-state index is 12.6. The molecule has 0 atom stereocenters.